The van der Waals surface area contributed by atoms with Crippen LogP contribution in [0.25, 0.3) is 10.9 Å². The van der Waals surface area contributed by atoms with Gasteiger partial charge in [-0.25, -0.2) is 4.98 Å². The van der Waals surface area contributed by atoms with Gasteiger partial charge in [0.05, 0.1) is 16.7 Å². The van der Waals surface area contributed by atoms with Crippen molar-refractivity contribution in [3.8, 4) is 0 Å². The highest BCUT2D eigenvalue weighted by molar-refractivity contribution is 7.99. The first kappa shape index (κ1) is 18.7. The van der Waals surface area contributed by atoms with Crippen molar-refractivity contribution >= 4 is 28.6 Å². The highest BCUT2D eigenvalue weighted by Gasteiger charge is 2.14. The molecule has 6 heteroatoms. The lowest BCUT2D eigenvalue weighted by atomic mass is 9.97. The Morgan fingerprint density at radius 2 is 2.08 bits per heavy atom. The molecule has 1 aliphatic carbocycles. The van der Waals surface area contributed by atoms with Crippen LogP contribution < -0.4 is 5.56 Å². The normalized spacial score (nSPS) is 14.3. The van der Waals surface area contributed by atoms with Crippen LogP contribution in [0.3, 0.4) is 0 Å². The molecule has 0 atom stereocenters. The van der Waals surface area contributed by atoms with Crippen LogP contribution in [0.1, 0.15) is 32.1 Å². The molecule has 1 aromatic carbocycles. The van der Waals surface area contributed by atoms with Crippen molar-refractivity contribution in [2.75, 3.05) is 19.8 Å². The molecule has 138 valence electrons. The van der Waals surface area contributed by atoms with Crippen molar-refractivity contribution in [1.82, 2.24) is 14.5 Å². The second-order valence-electron chi connectivity index (χ2n) is 6.80. The lowest BCUT2D eigenvalue weighted by molar-refractivity contribution is -0.125. The number of rotatable bonds is 6. The monoisotopic (exact) mass is 371 g/mol. The van der Waals surface area contributed by atoms with E-state index in [1.165, 1.54) is 30.2 Å². The predicted molar refractivity (Wildman–Crippen MR) is 107 cm³/mol. The summed E-state index contributed by atoms with van der Waals surface area (Å²) in [5.41, 5.74) is 2.09. The highest BCUT2D eigenvalue weighted by atomic mass is 32.2. The zero-order chi connectivity index (χ0) is 18.5. The predicted octanol–water partition coefficient (Wildman–Crippen LogP) is 3.47. The third kappa shape index (κ3) is 4.36. The number of aromatic nitrogens is 2. The van der Waals surface area contributed by atoms with Crippen LogP contribution in [-0.4, -0.2) is 40.2 Å². The Morgan fingerprint density at radius 1 is 1.27 bits per heavy atom. The first-order valence-corrected chi connectivity index (χ1v) is 10.1. The zero-order valence-electron chi connectivity index (χ0n) is 15.4. The fourth-order valence-corrected chi connectivity index (χ4v) is 4.10. The van der Waals surface area contributed by atoms with Gasteiger partial charge in [-0.05, 0) is 44.2 Å². The number of fused-ring (bicyclic) bond motifs is 1. The van der Waals surface area contributed by atoms with Crippen LogP contribution in [0.2, 0.25) is 0 Å². The van der Waals surface area contributed by atoms with Gasteiger partial charge in [-0.3, -0.25) is 14.2 Å². The van der Waals surface area contributed by atoms with E-state index in [2.05, 4.69) is 11.1 Å². The number of allylic oxidation sites excluding steroid dienone is 2. The molecular weight excluding hydrogens is 346 g/mol. The molecule has 0 N–H and O–H groups in total. The molecule has 1 heterocycles. The first-order valence-electron chi connectivity index (χ1n) is 9.06. The van der Waals surface area contributed by atoms with Crippen LogP contribution in [0.5, 0.6) is 0 Å². The zero-order valence-corrected chi connectivity index (χ0v) is 16.2. The van der Waals surface area contributed by atoms with E-state index in [0.29, 0.717) is 22.6 Å². The van der Waals surface area contributed by atoms with E-state index < -0.39 is 0 Å². The van der Waals surface area contributed by atoms with Crippen molar-refractivity contribution in [1.29, 1.82) is 0 Å². The van der Waals surface area contributed by atoms with Crippen molar-refractivity contribution in [2.24, 2.45) is 0 Å². The van der Waals surface area contributed by atoms with Crippen molar-refractivity contribution in [3.63, 3.8) is 0 Å². The molecule has 3 rings (SSSR count). The molecule has 0 unspecified atom stereocenters. The van der Waals surface area contributed by atoms with Crippen LogP contribution >= 0.6 is 11.8 Å². The van der Waals surface area contributed by atoms with E-state index in [9.17, 15) is 9.59 Å². The average molecular weight is 372 g/mol. The maximum Gasteiger partial charge on any atom is 0.262 e. The summed E-state index contributed by atoms with van der Waals surface area (Å²) in [7, 11) is 3.47. The summed E-state index contributed by atoms with van der Waals surface area (Å²) in [5, 5.41) is 1.26. The molecule has 0 saturated carbocycles. The Hall–Kier alpha value is -2.08. The van der Waals surface area contributed by atoms with Gasteiger partial charge in [0.25, 0.3) is 5.56 Å². The fourth-order valence-electron chi connectivity index (χ4n) is 3.10. The summed E-state index contributed by atoms with van der Waals surface area (Å²) in [4.78, 5) is 31.2. The molecule has 0 aliphatic heterocycles. The second-order valence-corrected chi connectivity index (χ2v) is 7.75. The van der Waals surface area contributed by atoms with E-state index in [4.69, 9.17) is 0 Å². The van der Waals surface area contributed by atoms with Crippen molar-refractivity contribution in [3.05, 3.63) is 46.3 Å². The SMILES string of the molecule is CN(C)C(=O)CSc1nc2ccccc2c(=O)n1CCC1=CCCCC1. The van der Waals surface area contributed by atoms with Gasteiger partial charge in [0.15, 0.2) is 5.16 Å². The van der Waals surface area contributed by atoms with E-state index in [0.717, 1.165) is 19.3 Å². The Kier molecular flexibility index (Phi) is 6.14. The van der Waals surface area contributed by atoms with Gasteiger partial charge in [0.2, 0.25) is 5.91 Å². The van der Waals surface area contributed by atoms with E-state index >= 15 is 0 Å². The molecule has 5 nitrogen and oxygen atoms in total. The number of hydrogen-bond donors (Lipinski definition) is 0. The molecule has 0 bridgehead atoms. The Morgan fingerprint density at radius 3 is 2.81 bits per heavy atom. The van der Waals surface area contributed by atoms with Crippen molar-refractivity contribution in [2.45, 2.75) is 43.8 Å². The summed E-state index contributed by atoms with van der Waals surface area (Å²) in [6.45, 7) is 0.612. The average Bonchev–Trinajstić information content (AvgIpc) is 2.66. The maximum atomic E-state index is 13.0. The Bertz CT molecular complexity index is 886. The number of amides is 1. The topological polar surface area (TPSA) is 55.2 Å². The number of carbonyl (C=O) groups is 1. The number of carbonyl (C=O) groups excluding carboxylic acids is 1. The fraction of sp³-hybridized carbons (Fsp3) is 0.450. The molecular formula is C20H25N3O2S. The van der Waals surface area contributed by atoms with Gasteiger partial charge in [0.1, 0.15) is 0 Å². The number of thioether (sulfide) groups is 1. The van der Waals surface area contributed by atoms with E-state index in [1.807, 2.05) is 24.3 Å². The molecule has 0 spiro atoms. The van der Waals surface area contributed by atoms with Crippen molar-refractivity contribution < 1.29 is 4.79 Å². The summed E-state index contributed by atoms with van der Waals surface area (Å²) in [6.07, 6.45) is 7.93. The van der Waals surface area contributed by atoms with Gasteiger partial charge in [0, 0.05) is 20.6 Å². The van der Waals surface area contributed by atoms with Gasteiger partial charge < -0.3 is 4.90 Å². The second kappa shape index (κ2) is 8.54. The molecule has 1 amide bonds. The van der Waals surface area contributed by atoms with Crippen LogP contribution in [-0.2, 0) is 11.3 Å². The lowest BCUT2D eigenvalue weighted by Crippen LogP contribution is -2.26. The third-order valence-corrected chi connectivity index (χ3v) is 5.65. The van der Waals surface area contributed by atoms with E-state index in [-0.39, 0.29) is 17.2 Å². The van der Waals surface area contributed by atoms with Crippen LogP contribution in [0.4, 0.5) is 0 Å². The molecule has 1 aliphatic rings. The van der Waals surface area contributed by atoms with Gasteiger partial charge in [-0.1, -0.05) is 35.5 Å². The largest absolute Gasteiger partial charge is 0.348 e. The third-order valence-electron chi connectivity index (χ3n) is 4.69. The number of benzene rings is 1. The molecule has 0 saturated heterocycles. The first-order chi connectivity index (χ1) is 12.6. The summed E-state index contributed by atoms with van der Waals surface area (Å²) in [5.74, 6) is 0.291. The smallest absolute Gasteiger partial charge is 0.262 e. The van der Waals surface area contributed by atoms with Gasteiger partial charge in [-0.2, -0.15) is 0 Å². The Balaban J connectivity index is 1.90. The van der Waals surface area contributed by atoms with Gasteiger partial charge in [-0.15, -0.1) is 0 Å². The van der Waals surface area contributed by atoms with Gasteiger partial charge >= 0.3 is 0 Å². The quantitative estimate of drug-likeness (QED) is 0.443. The van der Waals surface area contributed by atoms with Crippen LogP contribution in [0.15, 0.2) is 45.9 Å². The molecule has 0 radical (unpaired) electrons. The molecule has 2 aromatic rings. The summed E-state index contributed by atoms with van der Waals surface area (Å²) in [6, 6.07) is 7.41. The van der Waals surface area contributed by atoms with Crippen LogP contribution in [0, 0.1) is 0 Å². The highest BCUT2D eigenvalue weighted by Crippen LogP contribution is 2.23. The minimum atomic E-state index is -0.0215. The van der Waals surface area contributed by atoms with E-state index in [1.54, 1.807) is 23.6 Å². The summed E-state index contributed by atoms with van der Waals surface area (Å²) < 4.78 is 1.74. The number of nitrogens with zero attached hydrogens (tertiary/aromatic N) is 3. The minimum absolute atomic E-state index is 0.0129. The standard InChI is InChI=1S/C20H25N3O2S/c1-22(2)18(24)14-26-20-21-17-11-7-6-10-16(17)19(25)23(20)13-12-15-8-4-3-5-9-15/h6-8,10-11H,3-5,9,12-14H2,1-2H3. The lowest BCUT2D eigenvalue weighted by Gasteiger charge is -2.16. The molecule has 0 fully saturated rings. The number of para-hydroxylation sites is 1. The molecule has 26 heavy (non-hydrogen) atoms. The summed E-state index contributed by atoms with van der Waals surface area (Å²) >= 11 is 1.34. The minimum Gasteiger partial charge on any atom is -0.348 e. The molecule has 1 aromatic heterocycles. The maximum absolute atomic E-state index is 13.0. The number of hydrogen-bond acceptors (Lipinski definition) is 4. The Labute approximate surface area is 158 Å².